The number of halogens is 2. The van der Waals surface area contributed by atoms with Crippen LogP contribution in [0.1, 0.15) is 11.8 Å². The van der Waals surface area contributed by atoms with Gasteiger partial charge in [0.25, 0.3) is 0 Å². The van der Waals surface area contributed by atoms with Gasteiger partial charge < -0.3 is 0 Å². The number of hydrogen-bond acceptors (Lipinski definition) is 2. The summed E-state index contributed by atoms with van der Waals surface area (Å²) in [5.41, 5.74) is 0. The predicted octanol–water partition coefficient (Wildman–Crippen LogP) is 3.57. The van der Waals surface area contributed by atoms with Crippen molar-refractivity contribution in [1.82, 2.24) is 4.90 Å². The van der Waals surface area contributed by atoms with E-state index in [9.17, 15) is 0 Å². The zero-order valence-corrected chi connectivity index (χ0v) is 10.9. The van der Waals surface area contributed by atoms with Gasteiger partial charge in [0.1, 0.15) is 0 Å². The lowest BCUT2D eigenvalue weighted by Crippen LogP contribution is -2.23. The van der Waals surface area contributed by atoms with Crippen LogP contribution in [-0.4, -0.2) is 23.9 Å². The molecule has 0 saturated carbocycles. The van der Waals surface area contributed by atoms with Crippen LogP contribution in [0.3, 0.4) is 0 Å². The molecule has 0 bridgehead atoms. The first-order chi connectivity index (χ1) is 6.09. The number of alkyl halides is 1. The summed E-state index contributed by atoms with van der Waals surface area (Å²) in [7, 11) is 2.09. The molecule has 0 N–H and O–H groups in total. The summed E-state index contributed by atoms with van der Waals surface area (Å²) >= 11 is 11.2. The average Bonchev–Trinajstić information content (AvgIpc) is 2.34. The highest BCUT2D eigenvalue weighted by atomic mass is 79.9. The predicted molar refractivity (Wildman–Crippen MR) is 63.7 cm³/mol. The second-order valence-electron chi connectivity index (χ2n) is 3.17. The molecule has 0 saturated heterocycles. The first kappa shape index (κ1) is 11.5. The molecule has 0 aliphatic carbocycles. The van der Waals surface area contributed by atoms with Crippen LogP contribution in [0.25, 0.3) is 0 Å². The third kappa shape index (κ3) is 3.98. The number of rotatable bonds is 4. The zero-order chi connectivity index (χ0) is 9.84. The minimum atomic E-state index is 0.212. The van der Waals surface area contributed by atoms with Crippen molar-refractivity contribution in [2.45, 2.75) is 18.8 Å². The zero-order valence-electron chi connectivity index (χ0n) is 7.76. The second-order valence-corrected chi connectivity index (χ2v) is 5.77. The Hall–Kier alpha value is 0.430. The average molecular weight is 283 g/mol. The molecule has 0 aliphatic heterocycles. The topological polar surface area (TPSA) is 3.24 Å². The van der Waals surface area contributed by atoms with Gasteiger partial charge in [0.15, 0.2) is 0 Å². The maximum absolute atomic E-state index is 5.90. The summed E-state index contributed by atoms with van der Waals surface area (Å²) < 4.78 is 1.20. The van der Waals surface area contributed by atoms with E-state index in [0.29, 0.717) is 0 Å². The van der Waals surface area contributed by atoms with E-state index < -0.39 is 0 Å². The highest BCUT2D eigenvalue weighted by Gasteiger charge is 2.07. The van der Waals surface area contributed by atoms with Crippen molar-refractivity contribution in [2.24, 2.45) is 0 Å². The van der Waals surface area contributed by atoms with E-state index in [1.165, 1.54) is 9.35 Å². The molecule has 1 nitrogen and oxygen atoms in total. The summed E-state index contributed by atoms with van der Waals surface area (Å²) in [6.07, 6.45) is 0. The Morgan fingerprint density at radius 1 is 1.69 bits per heavy atom. The molecular weight excluding hydrogens is 270 g/mol. The van der Waals surface area contributed by atoms with Crippen molar-refractivity contribution < 1.29 is 0 Å². The summed E-state index contributed by atoms with van der Waals surface area (Å²) in [5.74, 6) is 0. The lowest BCUT2D eigenvalue weighted by molar-refractivity contribution is 0.332. The van der Waals surface area contributed by atoms with E-state index in [1.54, 1.807) is 11.3 Å². The minimum Gasteiger partial charge on any atom is -0.300 e. The summed E-state index contributed by atoms with van der Waals surface area (Å²) in [5, 5.41) is 2.31. The van der Waals surface area contributed by atoms with Crippen LogP contribution in [0.2, 0.25) is 0 Å². The van der Waals surface area contributed by atoms with E-state index in [4.69, 9.17) is 11.6 Å². The lowest BCUT2D eigenvalue weighted by atomic mass is 10.4. The van der Waals surface area contributed by atoms with Gasteiger partial charge in [-0.05, 0) is 41.3 Å². The molecular formula is C9H13BrClNS. The van der Waals surface area contributed by atoms with Gasteiger partial charge in [0, 0.05) is 27.8 Å². The number of nitrogens with zero attached hydrogens (tertiary/aromatic N) is 1. The molecule has 0 amide bonds. The van der Waals surface area contributed by atoms with Crippen molar-refractivity contribution in [3.05, 3.63) is 20.8 Å². The Balaban J connectivity index is 2.45. The Morgan fingerprint density at radius 2 is 2.38 bits per heavy atom. The van der Waals surface area contributed by atoms with Gasteiger partial charge in [0.05, 0.1) is 0 Å². The molecule has 0 aromatic carbocycles. The van der Waals surface area contributed by atoms with Gasteiger partial charge in [-0.1, -0.05) is 0 Å². The monoisotopic (exact) mass is 281 g/mol. The van der Waals surface area contributed by atoms with E-state index in [-0.39, 0.29) is 5.38 Å². The fraction of sp³-hybridized carbons (Fsp3) is 0.556. The maximum atomic E-state index is 5.90. The van der Waals surface area contributed by atoms with Gasteiger partial charge >= 0.3 is 0 Å². The van der Waals surface area contributed by atoms with E-state index in [2.05, 4.69) is 39.3 Å². The van der Waals surface area contributed by atoms with Gasteiger partial charge in [0.2, 0.25) is 0 Å². The molecule has 4 heteroatoms. The van der Waals surface area contributed by atoms with Crippen LogP contribution < -0.4 is 0 Å². The Kier molecular flexibility index (Phi) is 4.73. The Morgan fingerprint density at radius 3 is 2.85 bits per heavy atom. The van der Waals surface area contributed by atoms with Crippen molar-refractivity contribution in [3.8, 4) is 0 Å². The van der Waals surface area contributed by atoms with E-state index in [0.717, 1.165) is 13.1 Å². The third-order valence-corrected chi connectivity index (χ3v) is 3.72. The quantitative estimate of drug-likeness (QED) is 0.763. The van der Waals surface area contributed by atoms with Gasteiger partial charge in [-0.25, -0.2) is 0 Å². The smallest absolute Gasteiger partial charge is 0.0435 e. The van der Waals surface area contributed by atoms with Crippen LogP contribution in [0.5, 0.6) is 0 Å². The molecule has 0 spiro atoms. The Labute approximate surface area is 96.8 Å². The molecule has 13 heavy (non-hydrogen) atoms. The SMILES string of the molecule is CC(Cl)CN(C)Cc1sccc1Br. The summed E-state index contributed by atoms with van der Waals surface area (Å²) in [6, 6.07) is 2.08. The number of hydrogen-bond donors (Lipinski definition) is 0. The molecule has 1 atom stereocenters. The first-order valence-electron chi connectivity index (χ1n) is 4.14. The largest absolute Gasteiger partial charge is 0.300 e. The van der Waals surface area contributed by atoms with Crippen LogP contribution in [-0.2, 0) is 6.54 Å². The van der Waals surface area contributed by atoms with Crippen molar-refractivity contribution >= 4 is 38.9 Å². The lowest BCUT2D eigenvalue weighted by Gasteiger charge is -2.17. The van der Waals surface area contributed by atoms with Crippen molar-refractivity contribution in [3.63, 3.8) is 0 Å². The molecule has 0 radical (unpaired) electrons. The Bertz CT molecular complexity index is 262. The van der Waals surface area contributed by atoms with Crippen LogP contribution in [0.15, 0.2) is 15.9 Å². The molecule has 1 heterocycles. The molecule has 1 unspecified atom stereocenters. The first-order valence-corrected chi connectivity index (χ1v) is 6.25. The van der Waals surface area contributed by atoms with Crippen LogP contribution in [0.4, 0.5) is 0 Å². The van der Waals surface area contributed by atoms with Gasteiger partial charge in [-0.3, -0.25) is 4.90 Å². The highest BCUT2D eigenvalue weighted by molar-refractivity contribution is 9.10. The van der Waals surface area contributed by atoms with E-state index in [1.807, 2.05) is 6.92 Å². The molecule has 74 valence electrons. The normalized spacial score (nSPS) is 13.6. The van der Waals surface area contributed by atoms with Gasteiger partial charge in [-0.2, -0.15) is 0 Å². The summed E-state index contributed by atoms with van der Waals surface area (Å²) in [4.78, 5) is 3.59. The third-order valence-electron chi connectivity index (χ3n) is 1.67. The second kappa shape index (κ2) is 5.35. The van der Waals surface area contributed by atoms with Crippen molar-refractivity contribution in [1.29, 1.82) is 0 Å². The summed E-state index contributed by atoms with van der Waals surface area (Å²) in [6.45, 7) is 3.91. The molecule has 0 fully saturated rings. The fourth-order valence-electron chi connectivity index (χ4n) is 1.18. The maximum Gasteiger partial charge on any atom is 0.0435 e. The fourth-order valence-corrected chi connectivity index (χ4v) is 2.97. The van der Waals surface area contributed by atoms with E-state index >= 15 is 0 Å². The molecule has 1 aromatic heterocycles. The molecule has 1 rings (SSSR count). The standard InChI is InChI=1S/C9H13BrClNS/c1-7(11)5-12(2)6-9-8(10)3-4-13-9/h3-4,7H,5-6H2,1-2H3. The number of thiophene rings is 1. The molecule has 1 aromatic rings. The van der Waals surface area contributed by atoms with Crippen molar-refractivity contribution in [2.75, 3.05) is 13.6 Å². The highest BCUT2D eigenvalue weighted by Crippen LogP contribution is 2.23. The minimum absolute atomic E-state index is 0.212. The van der Waals surface area contributed by atoms with Crippen LogP contribution in [0, 0.1) is 0 Å². The molecule has 0 aliphatic rings. The van der Waals surface area contributed by atoms with Crippen LogP contribution >= 0.6 is 38.9 Å². The van der Waals surface area contributed by atoms with Gasteiger partial charge in [-0.15, -0.1) is 22.9 Å².